The zero-order chi connectivity index (χ0) is 9.78. The number of ether oxygens (including phenoxy) is 1. The average Bonchev–Trinajstić information content (AvgIpc) is 1.79. The molecule has 5 heteroatoms. The van der Waals surface area contributed by atoms with Crippen LogP contribution >= 0.6 is 0 Å². The van der Waals surface area contributed by atoms with Gasteiger partial charge in [-0.2, -0.15) is 0 Å². The lowest BCUT2D eigenvalue weighted by atomic mass is 10.4. The monoisotopic (exact) mass is 180 g/mol. The summed E-state index contributed by atoms with van der Waals surface area (Å²) in [6, 6.07) is 0. The number of allylic oxidation sites excluding steroid dienone is 2. The molecule has 0 aliphatic heterocycles. The summed E-state index contributed by atoms with van der Waals surface area (Å²) in [6.07, 6.45) is -2.96. The predicted octanol–water partition coefficient (Wildman–Crippen LogP) is 2.18. The van der Waals surface area contributed by atoms with Crippen LogP contribution in [0, 0.1) is 0 Å². The van der Waals surface area contributed by atoms with Crippen LogP contribution in [0.25, 0.3) is 0 Å². The van der Waals surface area contributed by atoms with Gasteiger partial charge >= 0.3 is 6.36 Å². The Bertz CT molecular complexity index is 215. The van der Waals surface area contributed by atoms with Gasteiger partial charge in [0.25, 0.3) is 0 Å². The van der Waals surface area contributed by atoms with E-state index in [4.69, 9.17) is 0 Å². The van der Waals surface area contributed by atoms with Crippen molar-refractivity contribution in [1.82, 2.24) is 0 Å². The van der Waals surface area contributed by atoms with Crippen molar-refractivity contribution in [2.45, 2.75) is 13.3 Å². The van der Waals surface area contributed by atoms with Crippen LogP contribution < -0.4 is 0 Å². The van der Waals surface area contributed by atoms with Crippen molar-refractivity contribution in [3.05, 3.63) is 24.5 Å². The number of carbonyl (C=O) groups excluding carboxylic acids is 1. The van der Waals surface area contributed by atoms with Crippen LogP contribution in [0.15, 0.2) is 24.5 Å². The summed E-state index contributed by atoms with van der Waals surface area (Å²) in [7, 11) is 0. The van der Waals surface area contributed by atoms with E-state index in [9.17, 15) is 18.0 Å². The quantitative estimate of drug-likeness (QED) is 0.378. The second kappa shape index (κ2) is 3.94. The second-order valence-corrected chi connectivity index (χ2v) is 1.96. The molecule has 0 spiro atoms. The summed E-state index contributed by atoms with van der Waals surface area (Å²) in [5, 5.41) is 0. The van der Waals surface area contributed by atoms with Crippen molar-refractivity contribution in [3.63, 3.8) is 0 Å². The molecule has 0 bridgehead atoms. The van der Waals surface area contributed by atoms with Gasteiger partial charge in [0.05, 0.1) is 0 Å². The van der Waals surface area contributed by atoms with Crippen molar-refractivity contribution in [2.75, 3.05) is 0 Å². The molecule has 0 unspecified atom stereocenters. The molecule has 0 aromatic rings. The SMILES string of the molecule is C=C(/C=C\C(C)=O)OC(F)(F)F. The van der Waals surface area contributed by atoms with Crippen molar-refractivity contribution >= 4 is 5.78 Å². The van der Waals surface area contributed by atoms with Crippen molar-refractivity contribution in [1.29, 1.82) is 0 Å². The molecule has 0 radical (unpaired) electrons. The highest BCUT2D eigenvalue weighted by molar-refractivity contribution is 5.87. The molecule has 0 aliphatic rings. The molecule has 0 fully saturated rings. The zero-order valence-electron chi connectivity index (χ0n) is 6.31. The molecule has 12 heavy (non-hydrogen) atoms. The normalized spacial score (nSPS) is 11.7. The average molecular weight is 180 g/mol. The number of ketones is 1. The smallest absolute Gasteiger partial charge is 0.406 e. The van der Waals surface area contributed by atoms with Crippen molar-refractivity contribution < 1.29 is 22.7 Å². The molecule has 0 amide bonds. The maximum Gasteiger partial charge on any atom is 0.573 e. The van der Waals surface area contributed by atoms with Crippen LogP contribution in [0.1, 0.15) is 6.92 Å². The van der Waals surface area contributed by atoms with Gasteiger partial charge in [-0.25, -0.2) is 0 Å². The van der Waals surface area contributed by atoms with Crippen LogP contribution in [0.3, 0.4) is 0 Å². The zero-order valence-corrected chi connectivity index (χ0v) is 6.31. The first kappa shape index (κ1) is 10.7. The lowest BCUT2D eigenvalue weighted by molar-refractivity contribution is -0.303. The van der Waals surface area contributed by atoms with E-state index in [1.165, 1.54) is 6.92 Å². The van der Waals surface area contributed by atoms with Crippen LogP contribution in [0.2, 0.25) is 0 Å². The number of rotatable bonds is 3. The highest BCUT2D eigenvalue weighted by Gasteiger charge is 2.30. The number of hydrogen-bond acceptors (Lipinski definition) is 2. The first-order chi connectivity index (χ1) is 5.31. The number of carbonyl (C=O) groups is 1. The number of halogens is 3. The van der Waals surface area contributed by atoms with E-state index in [0.29, 0.717) is 0 Å². The van der Waals surface area contributed by atoms with Gasteiger partial charge in [0, 0.05) is 0 Å². The third-order valence-corrected chi connectivity index (χ3v) is 0.751. The Balaban J connectivity index is 3.99. The molecule has 0 aliphatic carbocycles. The Labute approximate surface area is 67.3 Å². The van der Waals surface area contributed by atoms with Gasteiger partial charge < -0.3 is 4.74 Å². The van der Waals surface area contributed by atoms with E-state index in [1.807, 2.05) is 0 Å². The maximum atomic E-state index is 11.4. The van der Waals surface area contributed by atoms with E-state index in [2.05, 4.69) is 11.3 Å². The minimum atomic E-state index is -4.75. The molecule has 0 atom stereocenters. The molecular weight excluding hydrogens is 173 g/mol. The van der Waals surface area contributed by atoms with Gasteiger partial charge in [-0.3, -0.25) is 4.79 Å². The summed E-state index contributed by atoms with van der Waals surface area (Å²) in [5.74, 6) is -0.986. The van der Waals surface area contributed by atoms with Gasteiger partial charge in [-0.05, 0) is 19.1 Å². The summed E-state index contributed by atoms with van der Waals surface area (Å²) in [4.78, 5) is 10.2. The Morgan fingerprint density at radius 3 is 2.25 bits per heavy atom. The lowest BCUT2D eigenvalue weighted by Crippen LogP contribution is -2.11. The van der Waals surface area contributed by atoms with E-state index in [1.54, 1.807) is 0 Å². The standard InChI is InChI=1S/C7H7F3O2/c1-5(11)3-4-6(2)12-7(8,9)10/h3-4H,2H2,1H3/b4-3-. The molecule has 0 rings (SSSR count). The highest BCUT2D eigenvalue weighted by atomic mass is 19.4. The first-order valence-corrected chi connectivity index (χ1v) is 2.94. The Hall–Kier alpha value is -1.26. The van der Waals surface area contributed by atoms with E-state index >= 15 is 0 Å². The number of hydrogen-bond donors (Lipinski definition) is 0. The molecular formula is C7H7F3O2. The summed E-state index contributed by atoms with van der Waals surface area (Å²) < 4.78 is 37.6. The van der Waals surface area contributed by atoms with Crippen molar-refractivity contribution in [2.24, 2.45) is 0 Å². The Kier molecular flexibility index (Phi) is 3.53. The minimum Gasteiger partial charge on any atom is -0.406 e. The third-order valence-electron chi connectivity index (χ3n) is 0.751. The molecule has 0 saturated carbocycles. The largest absolute Gasteiger partial charge is 0.573 e. The fourth-order valence-corrected chi connectivity index (χ4v) is 0.393. The van der Waals surface area contributed by atoms with Gasteiger partial charge in [-0.1, -0.05) is 6.58 Å². The lowest BCUT2D eigenvalue weighted by Gasteiger charge is -2.07. The van der Waals surface area contributed by atoms with Crippen LogP contribution in [0.4, 0.5) is 13.2 Å². The number of alkyl halides is 3. The van der Waals surface area contributed by atoms with Gasteiger partial charge in [-0.15, -0.1) is 13.2 Å². The highest BCUT2D eigenvalue weighted by Crippen LogP contribution is 2.20. The summed E-state index contributed by atoms with van der Waals surface area (Å²) in [5.41, 5.74) is 0. The maximum absolute atomic E-state index is 11.4. The fourth-order valence-electron chi connectivity index (χ4n) is 0.393. The van der Waals surface area contributed by atoms with E-state index in [0.717, 1.165) is 12.2 Å². The molecule has 2 nitrogen and oxygen atoms in total. The topological polar surface area (TPSA) is 26.3 Å². The van der Waals surface area contributed by atoms with E-state index in [-0.39, 0.29) is 5.78 Å². The molecule has 0 saturated heterocycles. The molecule has 0 N–H and O–H groups in total. The Morgan fingerprint density at radius 2 is 1.92 bits per heavy atom. The van der Waals surface area contributed by atoms with Crippen LogP contribution in [-0.4, -0.2) is 12.1 Å². The van der Waals surface area contributed by atoms with Gasteiger partial charge in [0.1, 0.15) is 5.76 Å². The van der Waals surface area contributed by atoms with Crippen molar-refractivity contribution in [3.8, 4) is 0 Å². The van der Waals surface area contributed by atoms with Crippen LogP contribution in [-0.2, 0) is 9.53 Å². The predicted molar refractivity (Wildman–Crippen MR) is 36.1 cm³/mol. The minimum absolute atomic E-state index is 0.373. The third kappa shape index (κ3) is 6.85. The van der Waals surface area contributed by atoms with Gasteiger partial charge in [0.2, 0.25) is 0 Å². The van der Waals surface area contributed by atoms with Crippen LogP contribution in [0.5, 0.6) is 0 Å². The Morgan fingerprint density at radius 1 is 1.42 bits per heavy atom. The van der Waals surface area contributed by atoms with E-state index < -0.39 is 12.1 Å². The molecule has 0 heterocycles. The van der Waals surface area contributed by atoms with Gasteiger partial charge in [0.15, 0.2) is 5.78 Å². The first-order valence-electron chi connectivity index (χ1n) is 2.94. The molecule has 0 aromatic heterocycles. The molecule has 0 aromatic carbocycles. The summed E-state index contributed by atoms with van der Waals surface area (Å²) in [6.45, 7) is 4.14. The summed E-state index contributed by atoms with van der Waals surface area (Å²) >= 11 is 0. The molecule has 68 valence electrons. The fraction of sp³-hybridized carbons (Fsp3) is 0.286. The second-order valence-electron chi connectivity index (χ2n) is 1.96.